The summed E-state index contributed by atoms with van der Waals surface area (Å²) >= 11 is 0. The van der Waals surface area contributed by atoms with Gasteiger partial charge in [-0.1, -0.05) is 106 Å². The number of hydrogen-bond acceptors (Lipinski definition) is 5. The van der Waals surface area contributed by atoms with Crippen LogP contribution < -0.4 is 0 Å². The number of ketones is 1. The summed E-state index contributed by atoms with van der Waals surface area (Å²) < 4.78 is 5.89. The van der Waals surface area contributed by atoms with Crippen molar-refractivity contribution in [1.82, 2.24) is 4.90 Å². The van der Waals surface area contributed by atoms with Gasteiger partial charge in [-0.05, 0) is 41.5 Å². The van der Waals surface area contributed by atoms with Crippen LogP contribution in [0.25, 0.3) is 0 Å². The summed E-state index contributed by atoms with van der Waals surface area (Å²) in [5.74, 6) is -2.29. The van der Waals surface area contributed by atoms with E-state index >= 15 is 0 Å². The quantitative estimate of drug-likeness (QED) is 0.201. The maximum atomic E-state index is 13.0. The number of carboxylic acids is 2. The molecule has 43 heavy (non-hydrogen) atoms. The van der Waals surface area contributed by atoms with Crippen LogP contribution in [-0.2, 0) is 25.3 Å². The molecular weight excluding hydrogens is 542 g/mol. The van der Waals surface area contributed by atoms with Crippen LogP contribution in [0.3, 0.4) is 0 Å². The lowest BCUT2D eigenvalue weighted by atomic mass is 9.74. The summed E-state index contributed by atoms with van der Waals surface area (Å²) in [5.41, 5.74) is 4.47. The van der Waals surface area contributed by atoms with Gasteiger partial charge < -0.3 is 14.9 Å². The number of hydrogen-bond donors (Lipinski definition) is 2. The van der Waals surface area contributed by atoms with Crippen molar-refractivity contribution >= 4 is 17.7 Å². The standard InChI is InChI=1S/C32H39NO2.C4H4O4/c1-31(2,3)26-19-17-25(18-20-26)30(34)16-11-22-33-23-21-29(35-4)24-32(33,27-12-7-5-8-13-27)28-14-9-6-10-15-28;5-3(6)1-2-4(7)8/h5-10,12-15,17-20,29H,11,16,21-24H2,1-4H3;1-2H,(H,5,6)(H,7,8). The molecule has 1 atom stereocenters. The molecule has 1 aliphatic heterocycles. The lowest BCUT2D eigenvalue weighted by molar-refractivity contribution is -0.134. The third-order valence-electron chi connectivity index (χ3n) is 7.89. The van der Waals surface area contributed by atoms with Crippen molar-refractivity contribution in [1.29, 1.82) is 0 Å². The van der Waals surface area contributed by atoms with Gasteiger partial charge in [0.2, 0.25) is 0 Å². The monoisotopic (exact) mass is 585 g/mol. The van der Waals surface area contributed by atoms with E-state index in [9.17, 15) is 14.4 Å². The Bertz CT molecular complexity index is 1300. The van der Waals surface area contributed by atoms with Crippen LogP contribution in [0.4, 0.5) is 0 Å². The average molecular weight is 586 g/mol. The molecule has 7 nitrogen and oxygen atoms in total. The van der Waals surface area contributed by atoms with Gasteiger partial charge in [0.25, 0.3) is 0 Å². The van der Waals surface area contributed by atoms with Crippen LogP contribution in [0.2, 0.25) is 0 Å². The molecule has 3 aromatic carbocycles. The molecule has 4 rings (SSSR count). The molecule has 2 N–H and O–H groups in total. The zero-order valence-corrected chi connectivity index (χ0v) is 25.5. The van der Waals surface area contributed by atoms with Crippen LogP contribution >= 0.6 is 0 Å². The van der Waals surface area contributed by atoms with Gasteiger partial charge in [-0.3, -0.25) is 9.69 Å². The van der Waals surface area contributed by atoms with Crippen LogP contribution in [-0.4, -0.2) is 59.1 Å². The zero-order chi connectivity index (χ0) is 31.5. The number of Topliss-reactive ketones (excluding diaryl/α,β-unsaturated/α-hetero) is 1. The summed E-state index contributed by atoms with van der Waals surface area (Å²) in [5, 5.41) is 15.6. The fraction of sp³-hybridized carbons (Fsp3) is 0.361. The van der Waals surface area contributed by atoms with E-state index in [0.717, 1.165) is 37.9 Å². The fourth-order valence-electron chi connectivity index (χ4n) is 5.62. The number of rotatable bonds is 10. The molecule has 0 aliphatic carbocycles. The molecule has 1 saturated heterocycles. The van der Waals surface area contributed by atoms with Gasteiger partial charge in [-0.2, -0.15) is 0 Å². The minimum absolute atomic E-state index is 0.0914. The number of aliphatic carboxylic acids is 2. The highest BCUT2D eigenvalue weighted by Crippen LogP contribution is 2.44. The Hall–Kier alpha value is -4.07. The molecule has 1 unspecified atom stereocenters. The Morgan fingerprint density at radius 2 is 1.37 bits per heavy atom. The van der Waals surface area contributed by atoms with E-state index in [1.165, 1.54) is 16.7 Å². The van der Waals surface area contributed by atoms with Gasteiger partial charge in [0.05, 0.1) is 11.6 Å². The molecule has 0 radical (unpaired) electrons. The number of carbonyl (C=O) groups excluding carboxylic acids is 1. The Labute approximate surface area is 254 Å². The van der Waals surface area contributed by atoms with E-state index in [2.05, 4.69) is 98.5 Å². The maximum absolute atomic E-state index is 13.0. The second-order valence-electron chi connectivity index (χ2n) is 11.8. The summed E-state index contributed by atoms with van der Waals surface area (Å²) in [7, 11) is 1.82. The minimum Gasteiger partial charge on any atom is -0.478 e. The van der Waals surface area contributed by atoms with E-state index in [4.69, 9.17) is 14.9 Å². The molecule has 0 bridgehead atoms. The smallest absolute Gasteiger partial charge is 0.328 e. The van der Waals surface area contributed by atoms with Crippen molar-refractivity contribution in [3.63, 3.8) is 0 Å². The summed E-state index contributed by atoms with van der Waals surface area (Å²) in [6, 6.07) is 29.8. The van der Waals surface area contributed by atoms with E-state index in [1.54, 1.807) is 0 Å². The Morgan fingerprint density at radius 3 is 1.81 bits per heavy atom. The molecule has 228 valence electrons. The van der Waals surface area contributed by atoms with Gasteiger partial charge in [-0.15, -0.1) is 0 Å². The highest BCUT2D eigenvalue weighted by molar-refractivity contribution is 5.96. The number of methoxy groups -OCH3 is 1. The van der Waals surface area contributed by atoms with Gasteiger partial charge in [0.15, 0.2) is 5.78 Å². The first kappa shape index (κ1) is 33.4. The predicted molar refractivity (Wildman–Crippen MR) is 168 cm³/mol. The summed E-state index contributed by atoms with van der Waals surface area (Å²) in [4.78, 5) is 34.7. The number of carboxylic acid groups (broad SMARTS) is 2. The highest BCUT2D eigenvalue weighted by Gasteiger charge is 2.45. The van der Waals surface area contributed by atoms with Gasteiger partial charge in [-0.25, -0.2) is 9.59 Å². The Kier molecular flexibility index (Phi) is 12.0. The third kappa shape index (κ3) is 9.21. The first-order valence-electron chi connectivity index (χ1n) is 14.6. The van der Waals surface area contributed by atoms with Crippen LogP contribution in [0.15, 0.2) is 97.1 Å². The largest absolute Gasteiger partial charge is 0.478 e. The highest BCUT2D eigenvalue weighted by atomic mass is 16.5. The van der Waals surface area contributed by atoms with Crippen molar-refractivity contribution < 1.29 is 29.3 Å². The average Bonchev–Trinajstić information content (AvgIpc) is 3.01. The lowest BCUT2D eigenvalue weighted by Gasteiger charge is -2.50. The molecule has 7 heteroatoms. The first-order valence-corrected chi connectivity index (χ1v) is 14.6. The van der Waals surface area contributed by atoms with E-state index in [-0.39, 0.29) is 22.8 Å². The topological polar surface area (TPSA) is 104 Å². The predicted octanol–water partition coefficient (Wildman–Crippen LogP) is 6.71. The molecular formula is C36H43NO6. The molecule has 0 saturated carbocycles. The first-order chi connectivity index (χ1) is 20.5. The van der Waals surface area contributed by atoms with Crippen molar-refractivity contribution in [2.75, 3.05) is 20.2 Å². The third-order valence-corrected chi connectivity index (χ3v) is 7.89. The van der Waals surface area contributed by atoms with E-state index in [0.29, 0.717) is 18.6 Å². The number of carbonyl (C=O) groups is 3. The summed E-state index contributed by atoms with van der Waals surface area (Å²) in [6.07, 6.45) is 4.61. The Balaban J connectivity index is 0.000000557. The summed E-state index contributed by atoms with van der Waals surface area (Å²) in [6.45, 7) is 8.40. The number of piperidine rings is 1. The molecule has 3 aromatic rings. The fourth-order valence-corrected chi connectivity index (χ4v) is 5.62. The molecule has 1 fully saturated rings. The van der Waals surface area contributed by atoms with Crippen LogP contribution in [0.5, 0.6) is 0 Å². The van der Waals surface area contributed by atoms with Crippen molar-refractivity contribution in [2.24, 2.45) is 0 Å². The van der Waals surface area contributed by atoms with Gasteiger partial charge in [0.1, 0.15) is 0 Å². The zero-order valence-electron chi connectivity index (χ0n) is 25.5. The van der Waals surface area contributed by atoms with E-state index in [1.807, 2.05) is 19.2 Å². The number of benzene rings is 3. The molecule has 1 aliphatic rings. The second-order valence-corrected chi connectivity index (χ2v) is 11.8. The molecule has 0 aromatic heterocycles. The molecule has 0 spiro atoms. The lowest BCUT2D eigenvalue weighted by Crippen LogP contribution is -2.54. The SMILES string of the molecule is COC1CCN(CCCC(=O)c2ccc(C(C)(C)C)cc2)C(c2ccccc2)(c2ccccc2)C1.O=C(O)C=CC(=O)O. The number of ether oxygens (including phenoxy) is 1. The van der Waals surface area contributed by atoms with Gasteiger partial charge >= 0.3 is 11.9 Å². The normalized spacial score (nSPS) is 16.7. The van der Waals surface area contributed by atoms with Crippen LogP contribution in [0, 0.1) is 0 Å². The molecule has 0 amide bonds. The van der Waals surface area contributed by atoms with Crippen molar-refractivity contribution in [3.05, 3.63) is 119 Å². The second kappa shape index (κ2) is 15.4. The van der Waals surface area contributed by atoms with Gasteiger partial charge in [0, 0.05) is 44.2 Å². The van der Waals surface area contributed by atoms with Crippen molar-refractivity contribution in [3.8, 4) is 0 Å². The van der Waals surface area contributed by atoms with Crippen LogP contribution in [0.1, 0.15) is 73.5 Å². The maximum Gasteiger partial charge on any atom is 0.328 e. The number of nitrogens with zero attached hydrogens (tertiary/aromatic N) is 1. The van der Waals surface area contributed by atoms with E-state index < -0.39 is 11.9 Å². The minimum atomic E-state index is -1.26. The Morgan fingerprint density at radius 1 is 0.860 bits per heavy atom. The molecule has 1 heterocycles. The number of likely N-dealkylation sites (tertiary alicyclic amines) is 1. The van der Waals surface area contributed by atoms with Crippen molar-refractivity contribution in [2.45, 2.75) is 63.5 Å².